The van der Waals surface area contributed by atoms with Gasteiger partial charge in [-0.15, -0.1) is 0 Å². The molecular formula is C15H19FN4O. The lowest BCUT2D eigenvalue weighted by molar-refractivity contribution is 0.0594. The molecule has 1 atom stereocenters. The molecule has 1 aliphatic rings. The average molecular weight is 290 g/mol. The fraction of sp³-hybridized carbons (Fsp3) is 0.533. The van der Waals surface area contributed by atoms with Crippen molar-refractivity contribution in [2.24, 2.45) is 0 Å². The van der Waals surface area contributed by atoms with Crippen molar-refractivity contribution in [1.82, 2.24) is 14.8 Å². The summed E-state index contributed by atoms with van der Waals surface area (Å²) in [5.41, 5.74) is 0.133. The molecule has 0 aromatic carbocycles. The summed E-state index contributed by atoms with van der Waals surface area (Å²) in [6.45, 7) is 4.47. The largest absolute Gasteiger partial charge is 0.335 e. The first kappa shape index (κ1) is 15.4. The van der Waals surface area contributed by atoms with Gasteiger partial charge in [0.1, 0.15) is 5.69 Å². The monoisotopic (exact) mass is 290 g/mol. The Morgan fingerprint density at radius 3 is 2.71 bits per heavy atom. The van der Waals surface area contributed by atoms with Crippen molar-refractivity contribution < 1.29 is 9.18 Å². The number of carbonyl (C=O) groups is 1. The molecule has 1 unspecified atom stereocenters. The zero-order valence-electron chi connectivity index (χ0n) is 12.1. The summed E-state index contributed by atoms with van der Waals surface area (Å²) in [5.74, 6) is -0.898. The normalized spacial score (nSPS) is 17.3. The third-order valence-corrected chi connectivity index (χ3v) is 3.69. The smallest absolute Gasteiger partial charge is 0.272 e. The van der Waals surface area contributed by atoms with Crippen LogP contribution in [0.1, 0.15) is 30.3 Å². The number of hydrogen-bond acceptors (Lipinski definition) is 4. The van der Waals surface area contributed by atoms with E-state index >= 15 is 0 Å². The van der Waals surface area contributed by atoms with Crippen LogP contribution in [0.25, 0.3) is 0 Å². The van der Waals surface area contributed by atoms with E-state index < -0.39 is 5.95 Å². The number of nitrogens with zero attached hydrogens (tertiary/aromatic N) is 4. The maximum atomic E-state index is 13.1. The molecule has 112 valence electrons. The Balaban J connectivity index is 1.95. The molecule has 1 amide bonds. The molecule has 6 heteroatoms. The van der Waals surface area contributed by atoms with Gasteiger partial charge < -0.3 is 4.90 Å². The van der Waals surface area contributed by atoms with Crippen molar-refractivity contribution in [3.05, 3.63) is 29.8 Å². The van der Waals surface area contributed by atoms with Gasteiger partial charge in [-0.1, -0.05) is 19.4 Å². The number of aromatic nitrogens is 1. The van der Waals surface area contributed by atoms with Gasteiger partial charge in [0, 0.05) is 26.2 Å². The molecule has 0 spiro atoms. The van der Waals surface area contributed by atoms with Gasteiger partial charge in [-0.05, 0) is 18.6 Å². The molecule has 1 aromatic heterocycles. The minimum atomic E-state index is -0.646. The molecule has 5 nitrogen and oxygen atoms in total. The quantitative estimate of drug-likeness (QED) is 0.791. The Morgan fingerprint density at radius 2 is 2.14 bits per heavy atom. The molecule has 1 aromatic rings. The van der Waals surface area contributed by atoms with Crippen molar-refractivity contribution in [2.45, 2.75) is 25.8 Å². The minimum Gasteiger partial charge on any atom is -0.335 e. The SMILES string of the molecule is CCCC(C#N)N1CCN(C(=O)c2cccc(F)n2)CC1. The first-order chi connectivity index (χ1) is 10.2. The lowest BCUT2D eigenvalue weighted by Crippen LogP contribution is -2.51. The number of pyridine rings is 1. The van der Waals surface area contributed by atoms with Crippen molar-refractivity contribution in [1.29, 1.82) is 5.26 Å². The van der Waals surface area contributed by atoms with E-state index in [9.17, 15) is 9.18 Å². The van der Waals surface area contributed by atoms with Crippen molar-refractivity contribution in [2.75, 3.05) is 26.2 Å². The summed E-state index contributed by atoms with van der Waals surface area (Å²) in [5, 5.41) is 9.17. The van der Waals surface area contributed by atoms with Gasteiger partial charge in [-0.2, -0.15) is 9.65 Å². The maximum Gasteiger partial charge on any atom is 0.272 e. The minimum absolute atomic E-state index is 0.0838. The second-order valence-electron chi connectivity index (χ2n) is 5.11. The highest BCUT2D eigenvalue weighted by Crippen LogP contribution is 2.12. The molecule has 2 rings (SSSR count). The molecule has 21 heavy (non-hydrogen) atoms. The Kier molecular flexibility index (Phi) is 5.23. The van der Waals surface area contributed by atoms with E-state index in [2.05, 4.69) is 22.9 Å². The first-order valence-electron chi connectivity index (χ1n) is 7.21. The van der Waals surface area contributed by atoms with Gasteiger partial charge in [-0.25, -0.2) is 4.98 Å². The Hall–Kier alpha value is -2.00. The van der Waals surface area contributed by atoms with Crippen LogP contribution in [-0.4, -0.2) is 52.9 Å². The highest BCUT2D eigenvalue weighted by molar-refractivity contribution is 5.92. The molecule has 1 aliphatic heterocycles. The predicted molar refractivity (Wildman–Crippen MR) is 76.0 cm³/mol. The molecule has 1 fully saturated rings. The topological polar surface area (TPSA) is 60.2 Å². The number of nitriles is 1. The zero-order valence-corrected chi connectivity index (χ0v) is 12.1. The summed E-state index contributed by atoms with van der Waals surface area (Å²) in [7, 11) is 0. The molecule has 2 heterocycles. The van der Waals surface area contributed by atoms with Crippen molar-refractivity contribution >= 4 is 5.91 Å². The van der Waals surface area contributed by atoms with Crippen LogP contribution in [0.5, 0.6) is 0 Å². The van der Waals surface area contributed by atoms with Crippen LogP contribution in [-0.2, 0) is 0 Å². The summed E-state index contributed by atoms with van der Waals surface area (Å²) in [6, 6.07) is 6.46. The standard InChI is InChI=1S/C15H19FN4O/c1-2-4-12(11-17)19-7-9-20(10-8-19)15(21)13-5-3-6-14(16)18-13/h3,5-6,12H,2,4,7-10H2,1H3. The van der Waals surface area contributed by atoms with Crippen LogP contribution in [0.2, 0.25) is 0 Å². The van der Waals surface area contributed by atoms with Crippen molar-refractivity contribution in [3.63, 3.8) is 0 Å². The Morgan fingerprint density at radius 1 is 1.43 bits per heavy atom. The number of halogens is 1. The Bertz CT molecular complexity index is 535. The van der Waals surface area contributed by atoms with Crippen LogP contribution in [0.3, 0.4) is 0 Å². The maximum absolute atomic E-state index is 13.1. The highest BCUT2D eigenvalue weighted by Gasteiger charge is 2.26. The summed E-state index contributed by atoms with van der Waals surface area (Å²) in [4.78, 5) is 19.6. The number of hydrogen-bond donors (Lipinski definition) is 0. The molecule has 0 radical (unpaired) electrons. The Labute approximate surface area is 124 Å². The first-order valence-corrected chi connectivity index (χ1v) is 7.21. The predicted octanol–water partition coefficient (Wildman–Crippen LogP) is 1.67. The molecule has 0 N–H and O–H groups in total. The molecule has 0 bridgehead atoms. The highest BCUT2D eigenvalue weighted by atomic mass is 19.1. The van der Waals surface area contributed by atoms with E-state index in [0.29, 0.717) is 26.2 Å². The third-order valence-electron chi connectivity index (χ3n) is 3.69. The van der Waals surface area contributed by atoms with E-state index in [1.807, 2.05) is 0 Å². The van der Waals surface area contributed by atoms with Gasteiger partial charge in [0.15, 0.2) is 0 Å². The number of amides is 1. The van der Waals surface area contributed by atoms with Crippen molar-refractivity contribution in [3.8, 4) is 6.07 Å². The van der Waals surface area contributed by atoms with Gasteiger partial charge >= 0.3 is 0 Å². The summed E-state index contributed by atoms with van der Waals surface area (Å²) < 4.78 is 13.1. The van der Waals surface area contributed by atoms with E-state index in [4.69, 9.17) is 5.26 Å². The molecule has 1 saturated heterocycles. The van der Waals surface area contributed by atoms with Gasteiger partial charge in [0.25, 0.3) is 5.91 Å². The van der Waals surface area contributed by atoms with E-state index in [0.717, 1.165) is 12.8 Å². The van der Waals surface area contributed by atoms with Gasteiger partial charge in [-0.3, -0.25) is 9.69 Å². The van der Waals surface area contributed by atoms with E-state index in [-0.39, 0.29) is 17.6 Å². The third kappa shape index (κ3) is 3.76. The number of carbonyl (C=O) groups excluding carboxylic acids is 1. The molecule has 0 aliphatic carbocycles. The number of rotatable bonds is 4. The van der Waals surface area contributed by atoms with E-state index in [1.54, 1.807) is 4.90 Å². The number of piperazine rings is 1. The van der Waals surface area contributed by atoms with Crippen LogP contribution in [0.15, 0.2) is 18.2 Å². The van der Waals surface area contributed by atoms with Crippen LogP contribution in [0.4, 0.5) is 4.39 Å². The van der Waals surface area contributed by atoms with Crippen LogP contribution < -0.4 is 0 Å². The van der Waals surface area contributed by atoms with Gasteiger partial charge in [0.2, 0.25) is 5.95 Å². The zero-order chi connectivity index (χ0) is 15.2. The second-order valence-corrected chi connectivity index (χ2v) is 5.11. The summed E-state index contributed by atoms with van der Waals surface area (Å²) >= 11 is 0. The lowest BCUT2D eigenvalue weighted by Gasteiger charge is -2.36. The lowest BCUT2D eigenvalue weighted by atomic mass is 10.1. The average Bonchev–Trinajstić information content (AvgIpc) is 2.52. The van der Waals surface area contributed by atoms with Gasteiger partial charge in [0.05, 0.1) is 12.1 Å². The molecular weight excluding hydrogens is 271 g/mol. The fourth-order valence-electron chi connectivity index (χ4n) is 2.53. The van der Waals surface area contributed by atoms with E-state index in [1.165, 1.54) is 18.2 Å². The fourth-order valence-corrected chi connectivity index (χ4v) is 2.53. The van der Waals surface area contributed by atoms with Crippen LogP contribution in [0, 0.1) is 17.3 Å². The summed E-state index contributed by atoms with van der Waals surface area (Å²) in [6.07, 6.45) is 1.81. The van der Waals surface area contributed by atoms with Crippen LogP contribution >= 0.6 is 0 Å². The second kappa shape index (κ2) is 7.14. The molecule has 0 saturated carbocycles.